The smallest absolute Gasteiger partial charge is 0.166 e. The zero-order valence-corrected chi connectivity index (χ0v) is 20.1. The quantitative estimate of drug-likeness (QED) is 0.523. The molecular weight excluding hydrogens is 426 g/mol. The third-order valence-electron chi connectivity index (χ3n) is 6.68. The number of benzene rings is 1. The van der Waals surface area contributed by atoms with Gasteiger partial charge in [0, 0.05) is 30.3 Å². The number of nitrogens with two attached hydrogens (primary N) is 1. The third-order valence-corrected chi connectivity index (χ3v) is 6.68. The van der Waals surface area contributed by atoms with Gasteiger partial charge in [0.2, 0.25) is 0 Å². The van der Waals surface area contributed by atoms with Crippen LogP contribution in [0.4, 0.5) is 11.6 Å². The summed E-state index contributed by atoms with van der Waals surface area (Å²) in [4.78, 5) is 16.7. The number of hydrogen-bond donors (Lipinski definition) is 1. The van der Waals surface area contributed by atoms with Gasteiger partial charge in [-0.3, -0.25) is 0 Å². The van der Waals surface area contributed by atoms with Crippen molar-refractivity contribution >= 4 is 11.6 Å². The molecule has 0 bridgehead atoms. The molecule has 3 aromatic rings. The van der Waals surface area contributed by atoms with Gasteiger partial charge in [0.1, 0.15) is 17.7 Å². The maximum absolute atomic E-state index is 6.22. The van der Waals surface area contributed by atoms with E-state index in [-0.39, 0.29) is 18.2 Å². The van der Waals surface area contributed by atoms with Crippen LogP contribution in [0.15, 0.2) is 48.7 Å². The molecule has 1 saturated heterocycles. The van der Waals surface area contributed by atoms with E-state index in [1.165, 1.54) is 0 Å². The number of ether oxygens (including phenoxy) is 2. The van der Waals surface area contributed by atoms with E-state index in [4.69, 9.17) is 25.2 Å². The second kappa shape index (κ2) is 9.58. The fourth-order valence-electron chi connectivity index (χ4n) is 4.33. The highest BCUT2D eigenvalue weighted by atomic mass is 16.5. The van der Waals surface area contributed by atoms with Gasteiger partial charge in [0.25, 0.3) is 0 Å². The summed E-state index contributed by atoms with van der Waals surface area (Å²) >= 11 is 0. The molecule has 5 rings (SSSR count). The highest BCUT2D eigenvalue weighted by Crippen LogP contribution is 2.40. The Kier molecular flexibility index (Phi) is 6.37. The summed E-state index contributed by atoms with van der Waals surface area (Å²) in [6.45, 7) is 7.90. The van der Waals surface area contributed by atoms with E-state index in [9.17, 15) is 0 Å². The van der Waals surface area contributed by atoms with Crippen molar-refractivity contribution in [3.05, 3.63) is 60.0 Å². The van der Waals surface area contributed by atoms with Gasteiger partial charge in [-0.1, -0.05) is 37.3 Å². The summed E-state index contributed by atoms with van der Waals surface area (Å²) in [5.41, 5.74) is 9.00. The molecule has 34 heavy (non-hydrogen) atoms. The largest absolute Gasteiger partial charge is 0.482 e. The normalized spacial score (nSPS) is 21.3. The van der Waals surface area contributed by atoms with Crippen molar-refractivity contribution < 1.29 is 9.47 Å². The Morgan fingerprint density at radius 2 is 1.97 bits per heavy atom. The first-order valence-electron chi connectivity index (χ1n) is 12.3. The molecule has 2 aliphatic rings. The van der Waals surface area contributed by atoms with Gasteiger partial charge in [-0.15, -0.1) is 0 Å². The molecular formula is C27H33N5O2. The molecule has 1 saturated carbocycles. The summed E-state index contributed by atoms with van der Waals surface area (Å²) in [7, 11) is 0. The van der Waals surface area contributed by atoms with Crippen LogP contribution >= 0.6 is 0 Å². The van der Waals surface area contributed by atoms with E-state index in [1.807, 2.05) is 43.3 Å². The van der Waals surface area contributed by atoms with Crippen molar-refractivity contribution in [3.63, 3.8) is 0 Å². The standard InChI is InChI=1S/C27H33N5O2/c1-4-22-15-32(17(2)16-33-22)25-13-23(30-27(31-25)20-10-11-20)21-12-24(26(28)29-14-21)34-18(3)19-8-6-5-7-9-19/h5-9,12-14,17-18,20,22H,4,10-11,15-16H2,1-3H3,(H2,28,29)/t17-,18?,22-/m0/s1. The van der Waals surface area contributed by atoms with Crippen LogP contribution in [0.3, 0.4) is 0 Å². The molecule has 7 nitrogen and oxygen atoms in total. The summed E-state index contributed by atoms with van der Waals surface area (Å²) in [5, 5.41) is 0. The van der Waals surface area contributed by atoms with Crippen molar-refractivity contribution in [2.24, 2.45) is 0 Å². The molecule has 0 radical (unpaired) electrons. The van der Waals surface area contributed by atoms with E-state index in [0.717, 1.165) is 54.3 Å². The average molecular weight is 460 g/mol. The fourth-order valence-corrected chi connectivity index (χ4v) is 4.33. The summed E-state index contributed by atoms with van der Waals surface area (Å²) < 4.78 is 12.2. The van der Waals surface area contributed by atoms with Crippen LogP contribution in [0.25, 0.3) is 11.3 Å². The molecule has 1 aliphatic heterocycles. The minimum Gasteiger partial charge on any atom is -0.482 e. The number of rotatable bonds is 7. The Morgan fingerprint density at radius 1 is 1.18 bits per heavy atom. The van der Waals surface area contributed by atoms with Crippen LogP contribution in [-0.4, -0.2) is 40.2 Å². The Labute approximate surface area is 201 Å². The number of anilines is 2. The number of nitrogen functional groups attached to an aromatic ring is 1. The van der Waals surface area contributed by atoms with Gasteiger partial charge in [0.05, 0.1) is 24.4 Å². The van der Waals surface area contributed by atoms with Gasteiger partial charge < -0.3 is 20.1 Å². The minimum absolute atomic E-state index is 0.149. The molecule has 7 heteroatoms. The van der Waals surface area contributed by atoms with Crippen LogP contribution in [0.5, 0.6) is 5.75 Å². The van der Waals surface area contributed by atoms with E-state index in [0.29, 0.717) is 24.1 Å². The van der Waals surface area contributed by atoms with Crippen LogP contribution in [0.1, 0.15) is 63.4 Å². The summed E-state index contributed by atoms with van der Waals surface area (Å²) in [5.74, 6) is 3.24. The van der Waals surface area contributed by atoms with Crippen LogP contribution in [0, 0.1) is 0 Å². The Morgan fingerprint density at radius 3 is 2.71 bits per heavy atom. The van der Waals surface area contributed by atoms with Crippen LogP contribution < -0.4 is 15.4 Å². The van der Waals surface area contributed by atoms with E-state index < -0.39 is 0 Å². The molecule has 1 unspecified atom stereocenters. The number of aromatic nitrogens is 3. The Bertz CT molecular complexity index is 1140. The first-order valence-corrected chi connectivity index (χ1v) is 12.3. The predicted octanol–water partition coefficient (Wildman–Crippen LogP) is 5.14. The summed E-state index contributed by atoms with van der Waals surface area (Å²) in [6, 6.07) is 14.4. The lowest BCUT2D eigenvalue weighted by atomic mass is 10.1. The van der Waals surface area contributed by atoms with Crippen molar-refractivity contribution in [2.45, 2.75) is 64.2 Å². The highest BCUT2D eigenvalue weighted by Gasteiger charge is 2.31. The van der Waals surface area contributed by atoms with Crippen molar-refractivity contribution in [3.8, 4) is 17.0 Å². The van der Waals surface area contributed by atoms with Gasteiger partial charge in [-0.2, -0.15) is 0 Å². The Balaban J connectivity index is 1.48. The fraction of sp³-hybridized carbons (Fsp3) is 0.444. The monoisotopic (exact) mass is 459 g/mol. The lowest BCUT2D eigenvalue weighted by Crippen LogP contribution is -2.48. The second-order valence-corrected chi connectivity index (χ2v) is 9.39. The van der Waals surface area contributed by atoms with Gasteiger partial charge >= 0.3 is 0 Å². The summed E-state index contributed by atoms with van der Waals surface area (Å²) in [6.07, 6.45) is 5.11. The van der Waals surface area contributed by atoms with Crippen LogP contribution in [0.2, 0.25) is 0 Å². The van der Waals surface area contributed by atoms with Crippen molar-refractivity contribution in [1.29, 1.82) is 0 Å². The minimum atomic E-state index is -0.149. The second-order valence-electron chi connectivity index (χ2n) is 9.39. The average Bonchev–Trinajstić information content (AvgIpc) is 3.72. The third kappa shape index (κ3) is 4.85. The molecule has 0 spiro atoms. The molecule has 0 amide bonds. The lowest BCUT2D eigenvalue weighted by molar-refractivity contribution is 0.0204. The van der Waals surface area contributed by atoms with E-state index in [1.54, 1.807) is 6.20 Å². The maximum atomic E-state index is 6.22. The van der Waals surface area contributed by atoms with Gasteiger partial charge in [-0.25, -0.2) is 15.0 Å². The molecule has 1 aliphatic carbocycles. The molecule has 178 valence electrons. The van der Waals surface area contributed by atoms with Crippen LogP contribution in [-0.2, 0) is 4.74 Å². The SMILES string of the molecule is CC[C@H]1CN(c2cc(-c3cnc(N)c(OC(C)c4ccccc4)c3)nc(C3CC3)n2)[C@@H](C)CO1. The number of hydrogen-bond acceptors (Lipinski definition) is 7. The zero-order chi connectivity index (χ0) is 23.7. The zero-order valence-electron chi connectivity index (χ0n) is 20.1. The molecule has 2 aromatic heterocycles. The lowest BCUT2D eigenvalue weighted by Gasteiger charge is -2.38. The van der Waals surface area contributed by atoms with Gasteiger partial charge in [0.15, 0.2) is 11.6 Å². The highest BCUT2D eigenvalue weighted by molar-refractivity contribution is 5.67. The van der Waals surface area contributed by atoms with E-state index >= 15 is 0 Å². The molecule has 3 atom stereocenters. The first-order chi connectivity index (χ1) is 16.5. The first kappa shape index (κ1) is 22.6. The molecule has 1 aromatic carbocycles. The molecule has 2 N–H and O–H groups in total. The number of pyridine rings is 1. The molecule has 3 heterocycles. The van der Waals surface area contributed by atoms with Gasteiger partial charge in [-0.05, 0) is 44.7 Å². The topological polar surface area (TPSA) is 86.4 Å². The Hall–Kier alpha value is -3.19. The maximum Gasteiger partial charge on any atom is 0.166 e. The predicted molar refractivity (Wildman–Crippen MR) is 134 cm³/mol. The molecule has 2 fully saturated rings. The van der Waals surface area contributed by atoms with E-state index in [2.05, 4.69) is 29.8 Å². The number of morpholine rings is 1. The number of nitrogens with zero attached hydrogens (tertiary/aromatic N) is 4. The van der Waals surface area contributed by atoms with Crippen molar-refractivity contribution in [2.75, 3.05) is 23.8 Å². The van der Waals surface area contributed by atoms with Crippen molar-refractivity contribution in [1.82, 2.24) is 15.0 Å².